The monoisotopic (exact) mass is 275 g/mol. The first-order chi connectivity index (χ1) is 10.2. The number of nitriles is 1. The molecule has 0 bridgehead atoms. The van der Waals surface area contributed by atoms with Crippen LogP contribution < -0.4 is 4.90 Å². The second-order valence-electron chi connectivity index (χ2n) is 4.80. The van der Waals surface area contributed by atoms with Crippen LogP contribution in [0.25, 0.3) is 10.9 Å². The molecule has 2 aromatic carbocycles. The minimum Gasteiger partial charge on any atom is -0.351 e. The van der Waals surface area contributed by atoms with Crippen molar-refractivity contribution >= 4 is 22.5 Å². The van der Waals surface area contributed by atoms with Crippen LogP contribution in [0.1, 0.15) is 16.1 Å². The Bertz CT molecular complexity index is 825. The molecule has 4 heteroatoms. The second kappa shape index (κ2) is 5.14. The predicted octanol–water partition coefficient (Wildman–Crippen LogP) is 3.32. The molecular formula is C17H13N3O. The molecule has 0 atom stereocenters. The SMILES string of the molecule is CN(C(=O)c1cc2ccccc2[nH]1)c1cccc(C#N)c1. The third-order valence-electron chi connectivity index (χ3n) is 3.43. The molecule has 1 amide bonds. The summed E-state index contributed by atoms with van der Waals surface area (Å²) < 4.78 is 0. The van der Waals surface area contributed by atoms with Crippen LogP contribution in [0.3, 0.4) is 0 Å². The summed E-state index contributed by atoms with van der Waals surface area (Å²) in [6.45, 7) is 0. The van der Waals surface area contributed by atoms with Crippen LogP contribution in [0.5, 0.6) is 0 Å². The Morgan fingerprint density at radius 2 is 1.95 bits per heavy atom. The minimum atomic E-state index is -0.138. The van der Waals surface area contributed by atoms with Gasteiger partial charge in [-0.15, -0.1) is 0 Å². The molecule has 0 aliphatic rings. The number of hydrogen-bond donors (Lipinski definition) is 1. The van der Waals surface area contributed by atoms with E-state index in [9.17, 15) is 4.79 Å². The Hall–Kier alpha value is -3.06. The van der Waals surface area contributed by atoms with Crippen LogP contribution in [0.2, 0.25) is 0 Å². The van der Waals surface area contributed by atoms with E-state index >= 15 is 0 Å². The molecule has 0 saturated carbocycles. The molecule has 4 nitrogen and oxygen atoms in total. The zero-order chi connectivity index (χ0) is 14.8. The van der Waals surface area contributed by atoms with Gasteiger partial charge in [0.25, 0.3) is 5.91 Å². The van der Waals surface area contributed by atoms with Gasteiger partial charge in [0, 0.05) is 23.6 Å². The molecule has 0 saturated heterocycles. The van der Waals surface area contributed by atoms with Crippen LogP contribution in [0, 0.1) is 11.3 Å². The number of benzene rings is 2. The zero-order valence-corrected chi connectivity index (χ0v) is 11.5. The first kappa shape index (κ1) is 12.9. The highest BCUT2D eigenvalue weighted by Gasteiger charge is 2.16. The smallest absolute Gasteiger partial charge is 0.274 e. The number of anilines is 1. The number of hydrogen-bond acceptors (Lipinski definition) is 2. The average Bonchev–Trinajstić information content (AvgIpc) is 2.97. The van der Waals surface area contributed by atoms with Crippen molar-refractivity contribution in [3.63, 3.8) is 0 Å². The van der Waals surface area contributed by atoms with E-state index in [0.29, 0.717) is 16.9 Å². The molecular weight excluding hydrogens is 262 g/mol. The van der Waals surface area contributed by atoms with Gasteiger partial charge in [-0.3, -0.25) is 4.79 Å². The average molecular weight is 275 g/mol. The molecule has 0 aliphatic heterocycles. The molecule has 0 radical (unpaired) electrons. The Morgan fingerprint density at radius 1 is 1.14 bits per heavy atom. The lowest BCUT2D eigenvalue weighted by atomic mass is 10.2. The van der Waals surface area contributed by atoms with Gasteiger partial charge < -0.3 is 9.88 Å². The maximum absolute atomic E-state index is 12.5. The zero-order valence-electron chi connectivity index (χ0n) is 11.5. The molecule has 21 heavy (non-hydrogen) atoms. The first-order valence-corrected chi connectivity index (χ1v) is 6.55. The number of aromatic nitrogens is 1. The van der Waals surface area contributed by atoms with Crippen molar-refractivity contribution < 1.29 is 4.79 Å². The van der Waals surface area contributed by atoms with Gasteiger partial charge in [0.15, 0.2) is 0 Å². The van der Waals surface area contributed by atoms with Gasteiger partial charge in [0.2, 0.25) is 0 Å². The van der Waals surface area contributed by atoms with E-state index in [0.717, 1.165) is 10.9 Å². The largest absolute Gasteiger partial charge is 0.351 e. The summed E-state index contributed by atoms with van der Waals surface area (Å²) >= 11 is 0. The lowest BCUT2D eigenvalue weighted by Crippen LogP contribution is -2.26. The summed E-state index contributed by atoms with van der Waals surface area (Å²) in [6.07, 6.45) is 0. The molecule has 3 aromatic rings. The molecule has 0 spiro atoms. The van der Waals surface area contributed by atoms with E-state index in [1.165, 1.54) is 4.90 Å². The van der Waals surface area contributed by atoms with Crippen LogP contribution in [0.4, 0.5) is 5.69 Å². The Morgan fingerprint density at radius 3 is 2.71 bits per heavy atom. The summed E-state index contributed by atoms with van der Waals surface area (Å²) in [7, 11) is 1.70. The summed E-state index contributed by atoms with van der Waals surface area (Å²) in [6, 6.07) is 18.6. The van der Waals surface area contributed by atoms with E-state index in [1.54, 1.807) is 31.3 Å². The number of nitrogens with zero attached hydrogens (tertiary/aromatic N) is 2. The van der Waals surface area contributed by atoms with Gasteiger partial charge in [-0.1, -0.05) is 24.3 Å². The van der Waals surface area contributed by atoms with E-state index in [2.05, 4.69) is 11.1 Å². The van der Waals surface area contributed by atoms with E-state index in [-0.39, 0.29) is 5.91 Å². The normalized spacial score (nSPS) is 10.3. The summed E-state index contributed by atoms with van der Waals surface area (Å²) in [4.78, 5) is 17.2. The van der Waals surface area contributed by atoms with Crippen LogP contribution >= 0.6 is 0 Å². The Labute approximate surface area is 122 Å². The van der Waals surface area contributed by atoms with Gasteiger partial charge in [0.1, 0.15) is 5.69 Å². The van der Waals surface area contributed by atoms with Crippen LogP contribution in [-0.4, -0.2) is 17.9 Å². The quantitative estimate of drug-likeness (QED) is 0.780. The molecule has 1 N–H and O–H groups in total. The number of para-hydroxylation sites is 1. The molecule has 0 unspecified atom stereocenters. The first-order valence-electron chi connectivity index (χ1n) is 6.55. The minimum absolute atomic E-state index is 0.138. The topological polar surface area (TPSA) is 59.9 Å². The fourth-order valence-electron chi connectivity index (χ4n) is 2.27. The number of H-pyrrole nitrogens is 1. The van der Waals surface area contributed by atoms with Crippen molar-refractivity contribution in [2.75, 3.05) is 11.9 Å². The number of fused-ring (bicyclic) bond motifs is 1. The lowest BCUT2D eigenvalue weighted by molar-refractivity contribution is 0.0989. The van der Waals surface area contributed by atoms with Crippen molar-refractivity contribution in [2.45, 2.75) is 0 Å². The number of amides is 1. The fourth-order valence-corrected chi connectivity index (χ4v) is 2.27. The maximum atomic E-state index is 12.5. The summed E-state index contributed by atoms with van der Waals surface area (Å²) in [5.41, 5.74) is 2.68. The lowest BCUT2D eigenvalue weighted by Gasteiger charge is -2.16. The van der Waals surface area contributed by atoms with Gasteiger partial charge >= 0.3 is 0 Å². The third-order valence-corrected chi connectivity index (χ3v) is 3.43. The molecule has 0 fully saturated rings. The fraction of sp³-hybridized carbons (Fsp3) is 0.0588. The highest BCUT2D eigenvalue weighted by Crippen LogP contribution is 2.20. The number of nitrogens with one attached hydrogen (secondary N) is 1. The van der Waals surface area contributed by atoms with E-state index in [4.69, 9.17) is 5.26 Å². The molecule has 102 valence electrons. The van der Waals surface area contributed by atoms with E-state index < -0.39 is 0 Å². The summed E-state index contributed by atoms with van der Waals surface area (Å²) in [5, 5.41) is 9.94. The molecule has 1 aromatic heterocycles. The van der Waals surface area contributed by atoms with Gasteiger partial charge in [-0.05, 0) is 30.3 Å². The number of rotatable bonds is 2. The molecule has 0 aliphatic carbocycles. The molecule has 3 rings (SSSR count). The molecule has 1 heterocycles. The predicted molar refractivity (Wildman–Crippen MR) is 82.2 cm³/mol. The number of aromatic amines is 1. The number of carbonyl (C=O) groups excluding carboxylic acids is 1. The van der Waals surface area contributed by atoms with Gasteiger partial charge in [0.05, 0.1) is 11.6 Å². The summed E-state index contributed by atoms with van der Waals surface area (Å²) in [5.74, 6) is -0.138. The third kappa shape index (κ3) is 2.37. The van der Waals surface area contributed by atoms with Gasteiger partial charge in [-0.25, -0.2) is 0 Å². The van der Waals surface area contributed by atoms with Crippen LogP contribution in [0.15, 0.2) is 54.6 Å². The van der Waals surface area contributed by atoms with Gasteiger partial charge in [-0.2, -0.15) is 5.26 Å². The maximum Gasteiger partial charge on any atom is 0.274 e. The Kier molecular flexibility index (Phi) is 3.17. The van der Waals surface area contributed by atoms with E-state index in [1.807, 2.05) is 30.3 Å². The van der Waals surface area contributed by atoms with Crippen molar-refractivity contribution in [3.05, 3.63) is 65.9 Å². The Balaban J connectivity index is 1.95. The van der Waals surface area contributed by atoms with Crippen molar-refractivity contribution in [1.82, 2.24) is 4.98 Å². The van der Waals surface area contributed by atoms with Crippen molar-refractivity contribution in [1.29, 1.82) is 5.26 Å². The van der Waals surface area contributed by atoms with Crippen LogP contribution in [-0.2, 0) is 0 Å². The van der Waals surface area contributed by atoms with Crippen molar-refractivity contribution in [3.8, 4) is 6.07 Å². The highest BCUT2D eigenvalue weighted by molar-refractivity contribution is 6.07. The number of carbonyl (C=O) groups is 1. The van der Waals surface area contributed by atoms with Crippen molar-refractivity contribution in [2.24, 2.45) is 0 Å². The second-order valence-corrected chi connectivity index (χ2v) is 4.80. The standard InChI is InChI=1S/C17H13N3O/c1-20(14-7-4-5-12(9-14)11-18)17(21)16-10-13-6-2-3-8-15(13)19-16/h2-10,19H,1H3. The highest BCUT2D eigenvalue weighted by atomic mass is 16.2.